The second-order valence-corrected chi connectivity index (χ2v) is 8.32. The lowest BCUT2D eigenvalue weighted by atomic mass is 9.63. The average Bonchev–Trinajstić information content (AvgIpc) is 2.86. The van der Waals surface area contributed by atoms with Gasteiger partial charge in [-0.2, -0.15) is 0 Å². The summed E-state index contributed by atoms with van der Waals surface area (Å²) in [6.45, 7) is 9.96. The SMILES string of the molecule is CC(c1ccccc1)N1CC(C(=O)OC(C)(C)C)C2(CCC2)C1. The van der Waals surface area contributed by atoms with Crippen LogP contribution in [-0.4, -0.2) is 29.6 Å². The number of likely N-dealkylation sites (tertiary alicyclic amines) is 1. The fraction of sp³-hybridized carbons (Fsp3) is 0.650. The van der Waals surface area contributed by atoms with Crippen LogP contribution in [0.2, 0.25) is 0 Å². The third-order valence-corrected chi connectivity index (χ3v) is 5.54. The Morgan fingerprint density at radius 2 is 1.91 bits per heavy atom. The molecule has 1 aliphatic heterocycles. The number of carbonyl (C=O) groups excluding carboxylic acids is 1. The Balaban J connectivity index is 1.76. The molecule has 0 radical (unpaired) electrons. The summed E-state index contributed by atoms with van der Waals surface area (Å²) in [5.74, 6) is 0.0293. The van der Waals surface area contributed by atoms with Crippen molar-refractivity contribution in [3.63, 3.8) is 0 Å². The van der Waals surface area contributed by atoms with Crippen molar-refractivity contribution in [2.24, 2.45) is 11.3 Å². The van der Waals surface area contributed by atoms with Gasteiger partial charge in [0, 0.05) is 19.1 Å². The summed E-state index contributed by atoms with van der Waals surface area (Å²) in [5.41, 5.74) is 1.08. The second kappa shape index (κ2) is 5.94. The largest absolute Gasteiger partial charge is 0.460 e. The van der Waals surface area contributed by atoms with Crippen molar-refractivity contribution in [2.75, 3.05) is 13.1 Å². The topological polar surface area (TPSA) is 29.5 Å². The first-order chi connectivity index (χ1) is 10.8. The molecule has 2 atom stereocenters. The predicted molar refractivity (Wildman–Crippen MR) is 92.0 cm³/mol. The van der Waals surface area contributed by atoms with Gasteiger partial charge in [0.25, 0.3) is 0 Å². The first-order valence-electron chi connectivity index (χ1n) is 8.83. The Labute approximate surface area is 140 Å². The average molecular weight is 315 g/mol. The Morgan fingerprint density at radius 1 is 1.26 bits per heavy atom. The maximum Gasteiger partial charge on any atom is 0.311 e. The number of benzene rings is 1. The van der Waals surface area contributed by atoms with Gasteiger partial charge in [0.2, 0.25) is 0 Å². The highest BCUT2D eigenvalue weighted by atomic mass is 16.6. The van der Waals surface area contributed by atoms with E-state index in [4.69, 9.17) is 4.74 Å². The van der Waals surface area contributed by atoms with E-state index in [-0.39, 0.29) is 17.3 Å². The minimum atomic E-state index is -0.402. The third kappa shape index (κ3) is 3.30. The molecule has 1 aliphatic carbocycles. The molecular formula is C20H29NO2. The number of ether oxygens (including phenoxy) is 1. The summed E-state index contributed by atoms with van der Waals surface area (Å²) in [4.78, 5) is 15.2. The van der Waals surface area contributed by atoms with Crippen molar-refractivity contribution in [1.29, 1.82) is 0 Å². The fourth-order valence-electron chi connectivity index (χ4n) is 4.08. The quantitative estimate of drug-likeness (QED) is 0.783. The molecule has 2 aliphatic rings. The van der Waals surface area contributed by atoms with E-state index >= 15 is 0 Å². The minimum Gasteiger partial charge on any atom is -0.460 e. The maximum absolute atomic E-state index is 12.7. The lowest BCUT2D eigenvalue weighted by molar-refractivity contribution is -0.165. The van der Waals surface area contributed by atoms with E-state index < -0.39 is 5.60 Å². The summed E-state index contributed by atoms with van der Waals surface area (Å²) in [6, 6.07) is 10.9. The lowest BCUT2D eigenvalue weighted by Crippen LogP contribution is -2.43. The van der Waals surface area contributed by atoms with Gasteiger partial charge in [-0.1, -0.05) is 36.8 Å². The number of rotatable bonds is 3. The van der Waals surface area contributed by atoms with Crippen LogP contribution in [0.5, 0.6) is 0 Å². The number of hydrogen-bond donors (Lipinski definition) is 0. The van der Waals surface area contributed by atoms with Crippen LogP contribution in [0.1, 0.15) is 58.6 Å². The fourth-order valence-corrected chi connectivity index (χ4v) is 4.08. The predicted octanol–water partition coefficient (Wildman–Crippen LogP) is 4.19. The normalized spacial score (nSPS) is 25.1. The standard InChI is InChI=1S/C20H29NO2/c1-15(16-9-6-5-7-10-16)21-13-17(18(22)23-19(2,3)4)20(14-21)11-8-12-20/h5-7,9-10,15,17H,8,11-14H2,1-4H3. The number of carbonyl (C=O) groups is 1. The van der Waals surface area contributed by atoms with Crippen LogP contribution in [0.4, 0.5) is 0 Å². The van der Waals surface area contributed by atoms with E-state index in [1.165, 1.54) is 12.0 Å². The van der Waals surface area contributed by atoms with Crippen LogP contribution in [0, 0.1) is 11.3 Å². The second-order valence-electron chi connectivity index (χ2n) is 8.32. The zero-order chi connectivity index (χ0) is 16.7. The van der Waals surface area contributed by atoms with Crippen molar-refractivity contribution in [3.05, 3.63) is 35.9 Å². The molecule has 1 spiro atoms. The third-order valence-electron chi connectivity index (χ3n) is 5.54. The van der Waals surface area contributed by atoms with Gasteiger partial charge in [-0.3, -0.25) is 9.69 Å². The van der Waals surface area contributed by atoms with Crippen LogP contribution in [0.25, 0.3) is 0 Å². The molecule has 1 saturated heterocycles. The van der Waals surface area contributed by atoms with Crippen LogP contribution in [0.3, 0.4) is 0 Å². The van der Waals surface area contributed by atoms with Crippen LogP contribution >= 0.6 is 0 Å². The van der Waals surface area contributed by atoms with Gasteiger partial charge in [-0.05, 0) is 51.5 Å². The van der Waals surface area contributed by atoms with E-state index in [0.29, 0.717) is 6.04 Å². The van der Waals surface area contributed by atoms with Gasteiger partial charge in [0.15, 0.2) is 0 Å². The van der Waals surface area contributed by atoms with Gasteiger partial charge in [0.05, 0.1) is 5.92 Å². The Bertz CT molecular complexity index is 557. The Kier molecular flexibility index (Phi) is 4.26. The monoisotopic (exact) mass is 315 g/mol. The molecular weight excluding hydrogens is 286 g/mol. The zero-order valence-corrected chi connectivity index (χ0v) is 14.8. The van der Waals surface area contributed by atoms with Crippen molar-refractivity contribution in [3.8, 4) is 0 Å². The molecule has 23 heavy (non-hydrogen) atoms. The molecule has 0 N–H and O–H groups in total. The Hall–Kier alpha value is -1.35. The molecule has 1 aromatic carbocycles. The molecule has 3 nitrogen and oxygen atoms in total. The zero-order valence-electron chi connectivity index (χ0n) is 14.8. The highest BCUT2D eigenvalue weighted by molar-refractivity contribution is 5.75. The minimum absolute atomic E-state index is 0.0000355. The molecule has 0 amide bonds. The number of nitrogens with zero attached hydrogens (tertiary/aromatic N) is 1. The highest BCUT2D eigenvalue weighted by Gasteiger charge is 2.55. The van der Waals surface area contributed by atoms with Gasteiger partial charge < -0.3 is 4.74 Å². The first-order valence-corrected chi connectivity index (χ1v) is 8.83. The van der Waals surface area contributed by atoms with E-state index in [1.54, 1.807) is 0 Å². The van der Waals surface area contributed by atoms with Gasteiger partial charge in [0.1, 0.15) is 5.60 Å². The smallest absolute Gasteiger partial charge is 0.311 e. The molecule has 1 heterocycles. The number of hydrogen-bond acceptors (Lipinski definition) is 3. The lowest BCUT2D eigenvalue weighted by Gasteiger charge is -2.42. The highest BCUT2D eigenvalue weighted by Crippen LogP contribution is 2.53. The summed E-state index contributed by atoms with van der Waals surface area (Å²) in [7, 11) is 0. The van der Waals surface area contributed by atoms with Crippen LogP contribution < -0.4 is 0 Å². The number of esters is 1. The molecule has 0 bridgehead atoms. The summed E-state index contributed by atoms with van der Waals surface area (Å²) >= 11 is 0. The van der Waals surface area contributed by atoms with E-state index in [9.17, 15) is 4.79 Å². The molecule has 126 valence electrons. The van der Waals surface area contributed by atoms with Crippen molar-refractivity contribution < 1.29 is 9.53 Å². The summed E-state index contributed by atoms with van der Waals surface area (Å²) in [5, 5.41) is 0. The van der Waals surface area contributed by atoms with E-state index in [2.05, 4.69) is 42.2 Å². The van der Waals surface area contributed by atoms with Gasteiger partial charge in [-0.15, -0.1) is 0 Å². The van der Waals surface area contributed by atoms with E-state index in [1.807, 2.05) is 20.8 Å². The first kappa shape index (κ1) is 16.5. The summed E-state index contributed by atoms with van der Waals surface area (Å²) < 4.78 is 5.72. The van der Waals surface area contributed by atoms with Crippen LogP contribution in [0.15, 0.2) is 30.3 Å². The van der Waals surface area contributed by atoms with Gasteiger partial charge in [-0.25, -0.2) is 0 Å². The molecule has 2 unspecified atom stereocenters. The van der Waals surface area contributed by atoms with Crippen molar-refractivity contribution in [2.45, 2.75) is 58.6 Å². The van der Waals surface area contributed by atoms with E-state index in [0.717, 1.165) is 25.9 Å². The molecule has 3 heteroatoms. The molecule has 1 aromatic rings. The molecule has 0 aromatic heterocycles. The maximum atomic E-state index is 12.7. The molecule has 1 saturated carbocycles. The molecule has 3 rings (SSSR count). The Morgan fingerprint density at radius 3 is 2.43 bits per heavy atom. The van der Waals surface area contributed by atoms with Crippen LogP contribution in [-0.2, 0) is 9.53 Å². The van der Waals surface area contributed by atoms with Crippen molar-refractivity contribution in [1.82, 2.24) is 4.90 Å². The molecule has 2 fully saturated rings. The summed E-state index contributed by atoms with van der Waals surface area (Å²) in [6.07, 6.45) is 3.57. The van der Waals surface area contributed by atoms with Crippen molar-refractivity contribution >= 4 is 5.97 Å². The van der Waals surface area contributed by atoms with Gasteiger partial charge >= 0.3 is 5.97 Å².